The number of primary amides is 1. The molecular formula is C24H22N2O4. The minimum Gasteiger partial charge on any atom is -0.457 e. The fourth-order valence-corrected chi connectivity index (χ4v) is 3.77. The molecule has 1 aliphatic rings. The monoisotopic (exact) mass is 402 g/mol. The summed E-state index contributed by atoms with van der Waals surface area (Å²) in [6, 6.07) is 23.1. The van der Waals surface area contributed by atoms with Gasteiger partial charge in [0, 0.05) is 11.1 Å². The lowest BCUT2D eigenvalue weighted by Crippen LogP contribution is -2.51. The number of benzene rings is 3. The number of aliphatic hydroxyl groups is 1. The van der Waals surface area contributed by atoms with Crippen LogP contribution in [0.25, 0.3) is 0 Å². The maximum absolute atomic E-state index is 13.4. The third-order valence-corrected chi connectivity index (χ3v) is 5.24. The number of rotatable bonds is 6. The molecule has 1 heterocycles. The van der Waals surface area contributed by atoms with E-state index in [1.807, 2.05) is 78.9 Å². The Morgan fingerprint density at radius 2 is 1.43 bits per heavy atom. The van der Waals surface area contributed by atoms with Gasteiger partial charge in [-0.3, -0.25) is 9.59 Å². The Labute approximate surface area is 174 Å². The van der Waals surface area contributed by atoms with Gasteiger partial charge in [-0.2, -0.15) is 0 Å². The Hall–Kier alpha value is -3.64. The van der Waals surface area contributed by atoms with Crippen molar-refractivity contribution in [1.29, 1.82) is 0 Å². The minimum atomic E-state index is -1.51. The Morgan fingerprint density at radius 1 is 0.900 bits per heavy atom. The quantitative estimate of drug-likeness (QED) is 0.590. The van der Waals surface area contributed by atoms with Gasteiger partial charge in [-0.25, -0.2) is 0 Å². The van der Waals surface area contributed by atoms with Crippen LogP contribution >= 0.6 is 0 Å². The van der Waals surface area contributed by atoms with Gasteiger partial charge in [0.1, 0.15) is 11.5 Å². The molecule has 2 atom stereocenters. The first kappa shape index (κ1) is 19.7. The number of amides is 2. The van der Waals surface area contributed by atoms with Crippen LogP contribution in [0.2, 0.25) is 0 Å². The van der Waals surface area contributed by atoms with Crippen LogP contribution in [-0.4, -0.2) is 29.1 Å². The number of nitrogens with two attached hydrogens (primary N) is 1. The molecule has 6 nitrogen and oxygen atoms in total. The predicted octanol–water partition coefficient (Wildman–Crippen LogP) is 2.50. The molecule has 4 rings (SSSR count). The van der Waals surface area contributed by atoms with Gasteiger partial charge >= 0.3 is 0 Å². The van der Waals surface area contributed by atoms with Gasteiger partial charge in [-0.15, -0.1) is 0 Å². The summed E-state index contributed by atoms with van der Waals surface area (Å²) in [4.78, 5) is 25.1. The summed E-state index contributed by atoms with van der Waals surface area (Å²) in [5.74, 6) is -0.647. The van der Waals surface area contributed by atoms with Crippen molar-refractivity contribution < 1.29 is 19.4 Å². The second kappa shape index (κ2) is 8.39. The van der Waals surface area contributed by atoms with Crippen LogP contribution in [0.3, 0.4) is 0 Å². The van der Waals surface area contributed by atoms with Gasteiger partial charge in [0.25, 0.3) is 0 Å². The molecular weight excluding hydrogens is 380 g/mol. The topological polar surface area (TPSA) is 102 Å². The normalized spacial score (nSPS) is 14.6. The summed E-state index contributed by atoms with van der Waals surface area (Å²) in [6.07, 6.45) is -1.25. The van der Waals surface area contributed by atoms with Crippen molar-refractivity contribution in [3.8, 4) is 11.5 Å². The van der Waals surface area contributed by atoms with Crippen LogP contribution < -0.4 is 15.8 Å². The lowest BCUT2D eigenvalue weighted by Gasteiger charge is -2.30. The molecule has 0 fully saturated rings. The van der Waals surface area contributed by atoms with Crippen LogP contribution in [0.4, 0.5) is 0 Å². The molecule has 0 aliphatic carbocycles. The lowest BCUT2D eigenvalue weighted by atomic mass is 9.86. The zero-order valence-electron chi connectivity index (χ0n) is 16.2. The molecule has 152 valence electrons. The first-order valence-corrected chi connectivity index (χ1v) is 9.72. The van der Waals surface area contributed by atoms with Gasteiger partial charge in [0.05, 0.1) is 12.0 Å². The summed E-state index contributed by atoms with van der Waals surface area (Å²) in [5.41, 5.74) is 7.65. The van der Waals surface area contributed by atoms with Crippen LogP contribution in [0.1, 0.15) is 22.6 Å². The van der Waals surface area contributed by atoms with E-state index in [2.05, 4.69) is 5.32 Å². The van der Waals surface area contributed by atoms with E-state index in [0.717, 1.165) is 16.7 Å². The predicted molar refractivity (Wildman–Crippen MR) is 112 cm³/mol. The maximum Gasteiger partial charge on any atom is 0.248 e. The van der Waals surface area contributed by atoms with Crippen molar-refractivity contribution in [2.45, 2.75) is 24.5 Å². The highest BCUT2D eigenvalue weighted by atomic mass is 16.5. The van der Waals surface area contributed by atoms with E-state index in [1.54, 1.807) is 0 Å². The van der Waals surface area contributed by atoms with Gasteiger partial charge < -0.3 is 20.9 Å². The Bertz CT molecular complexity index is 1020. The van der Waals surface area contributed by atoms with Crippen molar-refractivity contribution in [2.75, 3.05) is 0 Å². The number of hydrogen-bond donors (Lipinski definition) is 3. The van der Waals surface area contributed by atoms with E-state index in [9.17, 15) is 14.7 Å². The highest BCUT2D eigenvalue weighted by Gasteiger charge is 2.35. The molecule has 0 spiro atoms. The first-order chi connectivity index (χ1) is 14.5. The number of para-hydroxylation sites is 2. The SMILES string of the molecule is NC(=O)C(O)C(Cc1ccccc1)NC(=O)C1c2ccccc2Oc2ccccc21. The van der Waals surface area contributed by atoms with Gasteiger partial charge in [-0.05, 0) is 24.1 Å². The summed E-state index contributed by atoms with van der Waals surface area (Å²) in [6.45, 7) is 0. The molecule has 2 amide bonds. The number of fused-ring (bicyclic) bond motifs is 2. The number of carbonyl (C=O) groups excluding carboxylic acids is 2. The smallest absolute Gasteiger partial charge is 0.248 e. The molecule has 1 aliphatic heterocycles. The average molecular weight is 402 g/mol. The van der Waals surface area contributed by atoms with Gasteiger partial charge in [0.2, 0.25) is 11.8 Å². The largest absolute Gasteiger partial charge is 0.457 e. The molecule has 3 aromatic rings. The van der Waals surface area contributed by atoms with E-state index in [0.29, 0.717) is 11.5 Å². The number of carbonyl (C=O) groups is 2. The molecule has 6 heteroatoms. The maximum atomic E-state index is 13.4. The summed E-state index contributed by atoms with van der Waals surface area (Å²) >= 11 is 0. The zero-order valence-corrected chi connectivity index (χ0v) is 16.2. The van der Waals surface area contributed by atoms with Crippen molar-refractivity contribution in [3.05, 3.63) is 95.6 Å². The second-order valence-electron chi connectivity index (χ2n) is 7.26. The first-order valence-electron chi connectivity index (χ1n) is 9.72. The number of nitrogens with one attached hydrogen (secondary N) is 1. The summed E-state index contributed by atoms with van der Waals surface area (Å²) in [5, 5.41) is 13.2. The van der Waals surface area contributed by atoms with E-state index >= 15 is 0 Å². The van der Waals surface area contributed by atoms with Crippen molar-refractivity contribution >= 4 is 11.8 Å². The number of hydrogen-bond acceptors (Lipinski definition) is 4. The average Bonchev–Trinajstić information content (AvgIpc) is 2.77. The van der Waals surface area contributed by atoms with E-state index in [4.69, 9.17) is 10.5 Å². The van der Waals surface area contributed by atoms with Crippen LogP contribution in [0, 0.1) is 0 Å². The summed E-state index contributed by atoms with van der Waals surface area (Å²) in [7, 11) is 0. The third kappa shape index (κ3) is 3.90. The molecule has 3 aromatic carbocycles. The highest BCUT2D eigenvalue weighted by molar-refractivity contribution is 5.90. The Balaban J connectivity index is 1.66. The van der Waals surface area contributed by atoms with Gasteiger partial charge in [-0.1, -0.05) is 66.7 Å². The fourth-order valence-electron chi connectivity index (χ4n) is 3.77. The van der Waals surface area contributed by atoms with Crippen molar-refractivity contribution in [2.24, 2.45) is 5.73 Å². The van der Waals surface area contributed by atoms with Crippen molar-refractivity contribution in [3.63, 3.8) is 0 Å². The lowest BCUT2D eigenvalue weighted by molar-refractivity contribution is -0.129. The standard InChI is InChI=1S/C24H22N2O4/c25-23(28)22(27)18(14-15-8-2-1-3-9-15)26-24(29)21-16-10-4-6-12-19(16)30-20-13-7-5-11-17(20)21/h1-13,18,21-22,27H,14H2,(H2,25,28)(H,26,29). The van der Waals surface area contributed by atoms with Crippen LogP contribution in [-0.2, 0) is 16.0 Å². The third-order valence-electron chi connectivity index (χ3n) is 5.24. The van der Waals surface area contributed by atoms with Crippen molar-refractivity contribution in [1.82, 2.24) is 5.32 Å². The molecule has 30 heavy (non-hydrogen) atoms. The molecule has 0 saturated carbocycles. The molecule has 0 saturated heterocycles. The molecule has 0 bridgehead atoms. The zero-order chi connectivity index (χ0) is 21.1. The van der Waals surface area contributed by atoms with E-state index < -0.39 is 24.0 Å². The highest BCUT2D eigenvalue weighted by Crippen LogP contribution is 2.43. The second-order valence-corrected chi connectivity index (χ2v) is 7.26. The molecule has 4 N–H and O–H groups in total. The molecule has 2 unspecified atom stereocenters. The molecule has 0 radical (unpaired) electrons. The Kier molecular flexibility index (Phi) is 5.50. The number of ether oxygens (including phenoxy) is 1. The van der Waals surface area contributed by atoms with E-state index in [-0.39, 0.29) is 12.3 Å². The van der Waals surface area contributed by atoms with Crippen LogP contribution in [0.5, 0.6) is 11.5 Å². The fraction of sp³-hybridized carbons (Fsp3) is 0.167. The van der Waals surface area contributed by atoms with E-state index in [1.165, 1.54) is 0 Å². The number of aliphatic hydroxyl groups excluding tert-OH is 1. The van der Waals surface area contributed by atoms with Gasteiger partial charge in [0.15, 0.2) is 6.10 Å². The van der Waals surface area contributed by atoms with Crippen LogP contribution in [0.15, 0.2) is 78.9 Å². The Morgan fingerprint density at radius 3 is 2.00 bits per heavy atom. The molecule has 0 aromatic heterocycles. The summed E-state index contributed by atoms with van der Waals surface area (Å²) < 4.78 is 5.94. The minimum absolute atomic E-state index is 0.267.